The molecule has 2 aromatic rings. The largest absolute Gasteiger partial charge is 0.461 e. The SMILES string of the molecule is Cc1nc(Cl)c(F)c2nc(OC[C@@]34CCCN3C[C@H](F)C4)nc(N3CC3F)c12. The number of rotatable bonds is 4. The Labute approximate surface area is 164 Å². The summed E-state index contributed by atoms with van der Waals surface area (Å²) in [6.45, 7) is 3.25. The molecule has 6 nitrogen and oxygen atoms in total. The van der Waals surface area contributed by atoms with Gasteiger partial charge in [0.2, 0.25) is 0 Å². The topological polar surface area (TPSA) is 54.2 Å². The van der Waals surface area contributed by atoms with Crippen molar-refractivity contribution in [2.45, 2.75) is 44.2 Å². The Morgan fingerprint density at radius 1 is 1.25 bits per heavy atom. The van der Waals surface area contributed by atoms with E-state index in [9.17, 15) is 13.2 Å². The number of pyridine rings is 1. The Morgan fingerprint density at radius 2 is 2.04 bits per heavy atom. The Hall–Kier alpha value is -1.87. The number of aryl methyl sites for hydroxylation is 1. The van der Waals surface area contributed by atoms with Crippen LogP contribution in [-0.4, -0.2) is 64.1 Å². The van der Waals surface area contributed by atoms with Gasteiger partial charge in [-0.3, -0.25) is 4.90 Å². The fourth-order valence-electron chi connectivity index (χ4n) is 4.53. The van der Waals surface area contributed by atoms with E-state index >= 15 is 0 Å². The van der Waals surface area contributed by atoms with Crippen LogP contribution in [-0.2, 0) is 0 Å². The number of fused-ring (bicyclic) bond motifs is 2. The van der Waals surface area contributed by atoms with E-state index < -0.39 is 18.3 Å². The standard InChI is InChI=1S/C18H19ClF3N5O/c1-9-12-14(13(22)15(19)23-9)24-17(25-16(12)27-7-11(27)21)28-8-18-3-2-4-26(18)6-10(20)5-18/h10-11H,2-8H2,1H3/t10-,11?,18+,27?/m1/s1. The van der Waals surface area contributed by atoms with E-state index in [0.717, 1.165) is 19.4 Å². The molecule has 3 fully saturated rings. The van der Waals surface area contributed by atoms with Crippen LogP contribution in [0.5, 0.6) is 6.01 Å². The number of nitrogens with zero attached hydrogens (tertiary/aromatic N) is 5. The number of aromatic nitrogens is 3. The zero-order valence-corrected chi connectivity index (χ0v) is 16.0. The second kappa shape index (κ2) is 6.32. The second-order valence-electron chi connectivity index (χ2n) is 7.81. The van der Waals surface area contributed by atoms with Crippen molar-refractivity contribution in [2.75, 3.05) is 31.1 Å². The first-order valence-electron chi connectivity index (χ1n) is 9.34. The molecule has 2 aromatic heterocycles. The molecule has 10 heteroatoms. The van der Waals surface area contributed by atoms with E-state index in [4.69, 9.17) is 16.3 Å². The minimum absolute atomic E-state index is 0.0489. The summed E-state index contributed by atoms with van der Waals surface area (Å²) in [5, 5.41) is 0.0135. The van der Waals surface area contributed by atoms with Gasteiger partial charge in [-0.1, -0.05) is 11.6 Å². The lowest BCUT2D eigenvalue weighted by Crippen LogP contribution is -2.43. The van der Waals surface area contributed by atoms with Crippen LogP contribution in [0.25, 0.3) is 10.9 Å². The number of anilines is 1. The molecule has 0 aromatic carbocycles. The van der Waals surface area contributed by atoms with E-state index in [1.54, 1.807) is 6.92 Å². The van der Waals surface area contributed by atoms with Crippen LogP contribution in [0, 0.1) is 12.7 Å². The highest BCUT2D eigenvalue weighted by Crippen LogP contribution is 2.41. The molecule has 5 heterocycles. The predicted molar refractivity (Wildman–Crippen MR) is 97.8 cm³/mol. The maximum atomic E-state index is 14.6. The quantitative estimate of drug-likeness (QED) is 0.436. The van der Waals surface area contributed by atoms with Gasteiger partial charge in [-0.05, 0) is 26.3 Å². The lowest BCUT2D eigenvalue weighted by atomic mass is 9.95. The van der Waals surface area contributed by atoms with E-state index in [2.05, 4.69) is 19.9 Å². The van der Waals surface area contributed by atoms with Gasteiger partial charge in [-0.25, -0.2) is 18.2 Å². The molecule has 0 spiro atoms. The van der Waals surface area contributed by atoms with Gasteiger partial charge in [0.15, 0.2) is 17.3 Å². The molecule has 3 aliphatic rings. The summed E-state index contributed by atoms with van der Waals surface area (Å²) < 4.78 is 48.1. The summed E-state index contributed by atoms with van der Waals surface area (Å²) in [6, 6.07) is -0.0642. The van der Waals surface area contributed by atoms with Crippen LogP contribution < -0.4 is 9.64 Å². The van der Waals surface area contributed by atoms with Crippen LogP contribution >= 0.6 is 11.6 Å². The summed E-state index contributed by atoms with van der Waals surface area (Å²) in [4.78, 5) is 16.0. The average Bonchev–Trinajstić information content (AvgIpc) is 3.12. The normalized spacial score (nSPS) is 29.5. The number of alkyl halides is 2. The number of ether oxygens (including phenoxy) is 1. The molecule has 0 saturated carbocycles. The van der Waals surface area contributed by atoms with Crippen molar-refractivity contribution < 1.29 is 17.9 Å². The molecule has 1 unspecified atom stereocenters. The van der Waals surface area contributed by atoms with Crippen LogP contribution in [0.4, 0.5) is 19.0 Å². The van der Waals surface area contributed by atoms with Crippen molar-refractivity contribution in [3.63, 3.8) is 0 Å². The molecular weight excluding hydrogens is 395 g/mol. The maximum absolute atomic E-state index is 14.6. The molecule has 3 atom stereocenters. The number of halogens is 4. The summed E-state index contributed by atoms with van der Waals surface area (Å²) in [5.74, 6) is -0.554. The molecular formula is C18H19ClF3N5O. The first-order valence-corrected chi connectivity index (χ1v) is 9.72. The third-order valence-corrected chi connectivity index (χ3v) is 6.19. The van der Waals surface area contributed by atoms with Gasteiger partial charge < -0.3 is 9.64 Å². The van der Waals surface area contributed by atoms with Crippen LogP contribution in [0.1, 0.15) is 25.0 Å². The Morgan fingerprint density at radius 3 is 2.79 bits per heavy atom. The van der Waals surface area contributed by atoms with Crippen molar-refractivity contribution in [1.29, 1.82) is 0 Å². The van der Waals surface area contributed by atoms with E-state index in [1.165, 1.54) is 4.90 Å². The Bertz CT molecular complexity index is 963. The molecule has 150 valence electrons. The van der Waals surface area contributed by atoms with E-state index in [-0.39, 0.29) is 41.2 Å². The second-order valence-corrected chi connectivity index (χ2v) is 8.16. The van der Waals surface area contributed by atoms with Gasteiger partial charge in [0.25, 0.3) is 0 Å². The van der Waals surface area contributed by atoms with Crippen molar-refractivity contribution >= 4 is 28.3 Å². The van der Waals surface area contributed by atoms with Gasteiger partial charge in [-0.15, -0.1) is 0 Å². The zero-order valence-electron chi connectivity index (χ0n) is 15.3. The molecule has 0 aliphatic carbocycles. The lowest BCUT2D eigenvalue weighted by molar-refractivity contribution is 0.107. The third kappa shape index (κ3) is 2.78. The number of hydrogen-bond acceptors (Lipinski definition) is 6. The van der Waals surface area contributed by atoms with Gasteiger partial charge >= 0.3 is 6.01 Å². The summed E-state index contributed by atoms with van der Waals surface area (Å²) in [6.07, 6.45) is 0.138. The molecule has 3 aliphatic heterocycles. The molecule has 5 rings (SSSR count). The van der Waals surface area contributed by atoms with Crippen molar-refractivity contribution in [1.82, 2.24) is 19.9 Å². The first kappa shape index (κ1) is 18.2. The van der Waals surface area contributed by atoms with Crippen molar-refractivity contribution in [3.05, 3.63) is 16.7 Å². The molecule has 3 saturated heterocycles. The van der Waals surface area contributed by atoms with E-state index in [0.29, 0.717) is 24.0 Å². The van der Waals surface area contributed by atoms with Gasteiger partial charge in [0.1, 0.15) is 24.1 Å². The van der Waals surface area contributed by atoms with Gasteiger partial charge in [-0.2, -0.15) is 9.97 Å². The Balaban J connectivity index is 1.52. The smallest absolute Gasteiger partial charge is 0.319 e. The first-order chi connectivity index (χ1) is 13.4. The summed E-state index contributed by atoms with van der Waals surface area (Å²) >= 11 is 5.87. The molecule has 0 N–H and O–H groups in total. The van der Waals surface area contributed by atoms with Gasteiger partial charge in [0.05, 0.1) is 23.2 Å². The highest BCUT2D eigenvalue weighted by Gasteiger charge is 2.49. The molecule has 0 bridgehead atoms. The van der Waals surface area contributed by atoms with Crippen molar-refractivity contribution in [3.8, 4) is 6.01 Å². The third-order valence-electron chi connectivity index (χ3n) is 5.94. The van der Waals surface area contributed by atoms with E-state index in [1.807, 2.05) is 0 Å². The maximum Gasteiger partial charge on any atom is 0.319 e. The van der Waals surface area contributed by atoms with Gasteiger partial charge in [0, 0.05) is 13.0 Å². The molecule has 0 amide bonds. The minimum atomic E-state index is -1.19. The zero-order chi connectivity index (χ0) is 19.6. The van der Waals surface area contributed by atoms with Crippen LogP contribution in [0.3, 0.4) is 0 Å². The highest BCUT2D eigenvalue weighted by atomic mass is 35.5. The average molecular weight is 414 g/mol. The van der Waals surface area contributed by atoms with Crippen molar-refractivity contribution in [2.24, 2.45) is 0 Å². The van der Waals surface area contributed by atoms with Crippen LogP contribution in [0.15, 0.2) is 0 Å². The molecule has 0 radical (unpaired) electrons. The monoisotopic (exact) mass is 413 g/mol. The molecule has 28 heavy (non-hydrogen) atoms. The lowest BCUT2D eigenvalue weighted by Gasteiger charge is -2.30. The summed E-state index contributed by atoms with van der Waals surface area (Å²) in [5.41, 5.74) is -0.0177. The Kier molecular flexibility index (Phi) is 4.10. The van der Waals surface area contributed by atoms with Crippen LogP contribution in [0.2, 0.25) is 5.15 Å². The predicted octanol–water partition coefficient (Wildman–Crippen LogP) is 3.20. The fourth-order valence-corrected chi connectivity index (χ4v) is 4.74. The minimum Gasteiger partial charge on any atom is -0.461 e. The fraction of sp³-hybridized carbons (Fsp3) is 0.611. The highest BCUT2D eigenvalue weighted by molar-refractivity contribution is 6.30. The summed E-state index contributed by atoms with van der Waals surface area (Å²) in [7, 11) is 0. The number of hydrogen-bond donors (Lipinski definition) is 0.